The molecule has 0 aromatic carbocycles. The molecule has 0 radical (unpaired) electrons. The maximum absolute atomic E-state index is 12.9. The molecule has 0 N–H and O–H groups in total. The van der Waals surface area contributed by atoms with Gasteiger partial charge < -0.3 is 0 Å². The highest BCUT2D eigenvalue weighted by Crippen LogP contribution is 2.34. The third kappa shape index (κ3) is 2.53. The molecule has 1 heterocycles. The molecule has 9 heteroatoms. The molecule has 15 heavy (non-hydrogen) atoms. The molecule has 1 aromatic heterocycles. The highest BCUT2D eigenvalue weighted by atomic mass is 35.7. The molecule has 0 aliphatic rings. The predicted molar refractivity (Wildman–Crippen MR) is 47.2 cm³/mol. The van der Waals surface area contributed by atoms with Crippen molar-refractivity contribution in [1.82, 2.24) is 4.98 Å². The van der Waals surface area contributed by atoms with E-state index in [1.165, 1.54) is 0 Å². The van der Waals surface area contributed by atoms with Crippen LogP contribution in [0.15, 0.2) is 11.1 Å². The smallest absolute Gasteiger partial charge is 0.227 e. The zero-order valence-corrected chi connectivity index (χ0v) is 9.04. The minimum atomic E-state index is -4.55. The summed E-state index contributed by atoms with van der Waals surface area (Å²) in [5.41, 5.74) is -0.891. The van der Waals surface area contributed by atoms with Crippen LogP contribution in [0.25, 0.3) is 0 Å². The summed E-state index contributed by atoms with van der Waals surface area (Å²) in [5.74, 6) is -1.51. The van der Waals surface area contributed by atoms with Gasteiger partial charge in [0.15, 0.2) is 4.90 Å². The Morgan fingerprint density at radius 1 is 1.40 bits per heavy atom. The number of pyridine rings is 1. The maximum Gasteiger partial charge on any atom is 0.267 e. The van der Waals surface area contributed by atoms with E-state index in [0.29, 0.717) is 6.20 Å². The summed E-state index contributed by atoms with van der Waals surface area (Å²) >= 11 is 5.27. The number of hydrogen-bond donors (Lipinski definition) is 0. The zero-order valence-electron chi connectivity index (χ0n) is 6.72. The Labute approximate surface area is 92.2 Å². The second-order valence-electron chi connectivity index (χ2n) is 2.39. The van der Waals surface area contributed by atoms with Gasteiger partial charge in [0.1, 0.15) is 0 Å². The van der Waals surface area contributed by atoms with Crippen LogP contribution in [0.3, 0.4) is 0 Å². The third-order valence-electron chi connectivity index (χ3n) is 1.44. The fourth-order valence-corrected chi connectivity index (χ4v) is 2.46. The van der Waals surface area contributed by atoms with Crippen molar-refractivity contribution >= 4 is 31.3 Å². The van der Waals surface area contributed by atoms with Gasteiger partial charge in [-0.25, -0.2) is 22.2 Å². The molecule has 1 aromatic rings. The third-order valence-corrected chi connectivity index (χ3v) is 3.28. The summed E-state index contributed by atoms with van der Waals surface area (Å²) in [4.78, 5) is 1.60. The van der Waals surface area contributed by atoms with Gasteiger partial charge in [-0.05, 0) is 0 Å². The molecule has 84 valence electrons. The first-order chi connectivity index (χ1) is 6.75. The van der Waals surface area contributed by atoms with Crippen LogP contribution in [-0.4, -0.2) is 13.4 Å². The van der Waals surface area contributed by atoms with Crippen LogP contribution < -0.4 is 0 Å². The molecule has 0 aliphatic heterocycles. The van der Waals surface area contributed by atoms with E-state index >= 15 is 0 Å². The molecule has 0 saturated carbocycles. The van der Waals surface area contributed by atoms with Gasteiger partial charge in [-0.15, -0.1) is 0 Å². The molecule has 3 nitrogen and oxygen atoms in total. The quantitative estimate of drug-likeness (QED) is 0.618. The van der Waals surface area contributed by atoms with Crippen LogP contribution in [0, 0.1) is 5.95 Å². The standard InChI is InChI=1S/C6H2Cl2F3NO2S/c7-3-2(5(9)10)1-12-6(11)4(3)15(8,13)14/h1,5H. The average Bonchev–Trinajstić information content (AvgIpc) is 2.00. The van der Waals surface area contributed by atoms with E-state index in [2.05, 4.69) is 4.98 Å². The average molecular weight is 280 g/mol. The van der Waals surface area contributed by atoms with E-state index in [1.54, 1.807) is 0 Å². The van der Waals surface area contributed by atoms with E-state index in [0.717, 1.165) is 0 Å². The molecule has 0 spiro atoms. The van der Waals surface area contributed by atoms with Gasteiger partial charge in [-0.2, -0.15) is 4.39 Å². The lowest BCUT2D eigenvalue weighted by molar-refractivity contribution is 0.150. The normalized spacial score (nSPS) is 12.1. The Morgan fingerprint density at radius 3 is 2.33 bits per heavy atom. The van der Waals surface area contributed by atoms with Crippen LogP contribution in [0.1, 0.15) is 12.0 Å². The van der Waals surface area contributed by atoms with Gasteiger partial charge in [0.2, 0.25) is 5.95 Å². The Morgan fingerprint density at radius 2 is 1.93 bits per heavy atom. The zero-order chi connectivity index (χ0) is 11.8. The number of aromatic nitrogens is 1. The van der Waals surface area contributed by atoms with Crippen molar-refractivity contribution in [3.05, 3.63) is 22.7 Å². The van der Waals surface area contributed by atoms with Crippen LogP contribution in [0.4, 0.5) is 13.2 Å². The summed E-state index contributed by atoms with van der Waals surface area (Å²) in [6, 6.07) is 0. The van der Waals surface area contributed by atoms with Crippen LogP contribution >= 0.6 is 22.3 Å². The van der Waals surface area contributed by atoms with E-state index in [-0.39, 0.29) is 0 Å². The fraction of sp³-hybridized carbons (Fsp3) is 0.167. The van der Waals surface area contributed by atoms with Gasteiger partial charge in [-0.1, -0.05) is 11.6 Å². The summed E-state index contributed by atoms with van der Waals surface area (Å²) in [6.07, 6.45) is -2.61. The molecule has 1 rings (SSSR count). The van der Waals surface area contributed by atoms with Gasteiger partial charge in [0.25, 0.3) is 15.5 Å². The Bertz CT molecular complexity index is 491. The van der Waals surface area contributed by atoms with Crippen molar-refractivity contribution in [3.63, 3.8) is 0 Å². The van der Waals surface area contributed by atoms with Crippen molar-refractivity contribution in [2.75, 3.05) is 0 Å². The molecule has 0 saturated heterocycles. The molecule has 0 amide bonds. The first-order valence-corrected chi connectivity index (χ1v) is 6.00. The Kier molecular flexibility index (Phi) is 3.47. The minimum absolute atomic E-state index is 0.452. The van der Waals surface area contributed by atoms with Crippen molar-refractivity contribution < 1.29 is 21.6 Å². The minimum Gasteiger partial charge on any atom is -0.227 e. The topological polar surface area (TPSA) is 47.0 Å². The highest BCUT2D eigenvalue weighted by molar-refractivity contribution is 8.13. The highest BCUT2D eigenvalue weighted by Gasteiger charge is 2.26. The number of alkyl halides is 2. The van der Waals surface area contributed by atoms with Crippen molar-refractivity contribution in [2.45, 2.75) is 11.3 Å². The molecule has 0 aliphatic carbocycles. The number of halogens is 5. The monoisotopic (exact) mass is 279 g/mol. The first-order valence-electron chi connectivity index (χ1n) is 3.32. The molecule has 0 atom stereocenters. The molecular weight excluding hydrogens is 278 g/mol. The predicted octanol–water partition coefficient (Wildman–Crippen LogP) is 2.74. The summed E-state index contributed by atoms with van der Waals surface area (Å²) < 4.78 is 59.0. The van der Waals surface area contributed by atoms with Crippen molar-refractivity contribution in [2.24, 2.45) is 0 Å². The van der Waals surface area contributed by atoms with E-state index in [4.69, 9.17) is 22.3 Å². The summed E-state index contributed by atoms with van der Waals surface area (Å²) in [7, 11) is 0.258. The van der Waals surface area contributed by atoms with Gasteiger partial charge >= 0.3 is 0 Å². The second-order valence-corrected chi connectivity index (χ2v) is 5.27. The lowest BCUT2D eigenvalue weighted by atomic mass is 10.3. The van der Waals surface area contributed by atoms with E-state index < -0.39 is 36.9 Å². The first kappa shape index (κ1) is 12.5. The molecule has 0 fully saturated rings. The van der Waals surface area contributed by atoms with Crippen LogP contribution in [-0.2, 0) is 9.05 Å². The Hall–Kier alpha value is -0.530. The van der Waals surface area contributed by atoms with Crippen LogP contribution in [0.5, 0.6) is 0 Å². The number of hydrogen-bond acceptors (Lipinski definition) is 3. The largest absolute Gasteiger partial charge is 0.267 e. The lowest BCUT2D eigenvalue weighted by Gasteiger charge is -2.06. The van der Waals surface area contributed by atoms with Crippen molar-refractivity contribution in [1.29, 1.82) is 0 Å². The van der Waals surface area contributed by atoms with Gasteiger partial charge in [0, 0.05) is 16.9 Å². The van der Waals surface area contributed by atoms with E-state index in [9.17, 15) is 21.6 Å². The summed E-state index contributed by atoms with van der Waals surface area (Å²) in [6.45, 7) is 0. The van der Waals surface area contributed by atoms with Crippen molar-refractivity contribution in [3.8, 4) is 0 Å². The lowest BCUT2D eigenvalue weighted by Crippen LogP contribution is -2.03. The van der Waals surface area contributed by atoms with Crippen LogP contribution in [0.2, 0.25) is 5.02 Å². The molecule has 0 unspecified atom stereocenters. The number of nitrogens with zero attached hydrogens (tertiary/aromatic N) is 1. The molecule has 0 bridgehead atoms. The second kappa shape index (κ2) is 4.15. The van der Waals surface area contributed by atoms with Gasteiger partial charge in [-0.3, -0.25) is 0 Å². The Balaban J connectivity index is 3.59. The number of rotatable bonds is 2. The molecular formula is C6H2Cl2F3NO2S. The SMILES string of the molecule is O=S(=O)(Cl)c1c(F)ncc(C(F)F)c1Cl. The van der Waals surface area contributed by atoms with E-state index in [1.807, 2.05) is 0 Å². The van der Waals surface area contributed by atoms with Gasteiger partial charge in [0.05, 0.1) is 10.6 Å². The maximum atomic E-state index is 12.9. The fourth-order valence-electron chi connectivity index (χ4n) is 0.823. The summed E-state index contributed by atoms with van der Waals surface area (Å²) in [5, 5.41) is -0.951.